The fourth-order valence-corrected chi connectivity index (χ4v) is 3.60. The van der Waals surface area contributed by atoms with E-state index in [9.17, 15) is 4.79 Å². The highest BCUT2D eigenvalue weighted by molar-refractivity contribution is 8.01. The first kappa shape index (κ1) is 10.8. The maximum atomic E-state index is 11.3. The Morgan fingerprint density at radius 3 is 2.69 bits per heavy atom. The van der Waals surface area contributed by atoms with E-state index in [1.54, 1.807) is 11.3 Å². The average Bonchev–Trinajstić information content (AvgIpc) is 2.51. The lowest BCUT2D eigenvalue weighted by Crippen LogP contribution is -2.04. The maximum Gasteiger partial charge on any atom is 0.165 e. The molecule has 0 bridgehead atoms. The van der Waals surface area contributed by atoms with Gasteiger partial charge in [-0.2, -0.15) is 0 Å². The van der Waals surface area contributed by atoms with Gasteiger partial charge in [-0.25, -0.2) is 0 Å². The van der Waals surface area contributed by atoms with Gasteiger partial charge in [0.05, 0.1) is 4.21 Å². The van der Waals surface area contributed by atoms with E-state index in [1.165, 1.54) is 9.09 Å². The zero-order valence-corrected chi connectivity index (χ0v) is 9.85. The summed E-state index contributed by atoms with van der Waals surface area (Å²) < 4.78 is 1.22. The molecule has 1 aromatic heterocycles. The van der Waals surface area contributed by atoms with Crippen molar-refractivity contribution in [3.05, 3.63) is 16.5 Å². The van der Waals surface area contributed by atoms with Gasteiger partial charge < -0.3 is 0 Å². The summed E-state index contributed by atoms with van der Waals surface area (Å²) in [7, 11) is 0. The minimum Gasteiger partial charge on any atom is -0.294 e. The van der Waals surface area contributed by atoms with E-state index >= 15 is 0 Å². The molecule has 1 aliphatic rings. The van der Waals surface area contributed by atoms with Gasteiger partial charge in [0.2, 0.25) is 0 Å². The van der Waals surface area contributed by atoms with Crippen molar-refractivity contribution in [2.45, 2.75) is 31.4 Å². The molecule has 0 fully saturated rings. The van der Waals surface area contributed by atoms with Crippen molar-refractivity contribution < 1.29 is 4.79 Å². The second kappa shape index (κ2) is 4.82. The van der Waals surface area contributed by atoms with Crippen LogP contribution in [-0.4, -0.2) is 11.5 Å². The van der Waals surface area contributed by atoms with E-state index in [4.69, 9.17) is 0 Å². The Morgan fingerprint density at radius 2 is 2.08 bits per heavy atom. The number of ketones is 1. The van der Waals surface area contributed by atoms with Crippen LogP contribution in [0.25, 0.3) is 0 Å². The van der Waals surface area contributed by atoms with Gasteiger partial charge in [0.15, 0.2) is 5.78 Å². The molecule has 0 radical (unpaired) electrons. The van der Waals surface area contributed by atoms with E-state index in [1.807, 2.05) is 31.7 Å². The van der Waals surface area contributed by atoms with Gasteiger partial charge >= 0.3 is 0 Å². The van der Waals surface area contributed by atoms with Crippen molar-refractivity contribution in [2.24, 2.45) is 0 Å². The molecule has 1 aromatic rings. The quantitative estimate of drug-likeness (QED) is 0.654. The average molecular weight is 214 g/mol. The molecule has 13 heavy (non-hydrogen) atoms. The molecule has 0 atom stereocenters. The minimum atomic E-state index is 0.322. The summed E-state index contributed by atoms with van der Waals surface area (Å²) in [6.45, 7) is 6.05. The first-order chi connectivity index (χ1) is 6.27. The zero-order chi connectivity index (χ0) is 9.84. The van der Waals surface area contributed by atoms with Gasteiger partial charge in [0, 0.05) is 22.6 Å². The summed E-state index contributed by atoms with van der Waals surface area (Å²) in [6, 6.07) is 2.01. The third-order valence-corrected chi connectivity index (χ3v) is 4.02. The monoisotopic (exact) mass is 214 g/mol. The Balaban J connectivity index is 0.000000396. The number of aryl methyl sites for hydroxylation is 1. The lowest BCUT2D eigenvalue weighted by atomic mass is 10.2. The number of rotatable bonds is 0. The number of hydrogen-bond donors (Lipinski definition) is 0. The number of carbonyl (C=O) groups excluding carboxylic acids is 1. The highest BCUT2D eigenvalue weighted by atomic mass is 32.2. The Labute approximate surface area is 87.5 Å². The molecule has 1 aliphatic heterocycles. The van der Waals surface area contributed by atoms with E-state index in [-0.39, 0.29) is 0 Å². The van der Waals surface area contributed by atoms with Crippen LogP contribution in [0.15, 0.2) is 10.3 Å². The lowest BCUT2D eigenvalue weighted by molar-refractivity contribution is 0.0985. The number of fused-ring (bicyclic) bond motifs is 1. The molecule has 2 heterocycles. The van der Waals surface area contributed by atoms with Crippen LogP contribution >= 0.6 is 23.1 Å². The van der Waals surface area contributed by atoms with Crippen LogP contribution in [0.2, 0.25) is 0 Å². The molecule has 2 rings (SSSR count). The van der Waals surface area contributed by atoms with Crippen LogP contribution < -0.4 is 0 Å². The third-order valence-electron chi connectivity index (χ3n) is 1.68. The molecule has 0 amide bonds. The number of carbonyl (C=O) groups is 1. The lowest BCUT2D eigenvalue weighted by Gasteiger charge is -2.07. The Kier molecular flexibility index (Phi) is 4.00. The second-order valence-corrected chi connectivity index (χ2v) is 5.20. The maximum absolute atomic E-state index is 11.3. The van der Waals surface area contributed by atoms with Crippen molar-refractivity contribution in [2.75, 3.05) is 5.75 Å². The van der Waals surface area contributed by atoms with Gasteiger partial charge in [-0.05, 0) is 13.0 Å². The first-order valence-electron chi connectivity index (χ1n) is 4.54. The van der Waals surface area contributed by atoms with E-state index in [0.717, 1.165) is 11.3 Å². The summed E-state index contributed by atoms with van der Waals surface area (Å²) >= 11 is 3.55. The van der Waals surface area contributed by atoms with Crippen molar-refractivity contribution in [3.8, 4) is 0 Å². The molecule has 0 N–H and O–H groups in total. The smallest absolute Gasteiger partial charge is 0.165 e. The highest BCUT2D eigenvalue weighted by Gasteiger charge is 2.19. The normalized spacial score (nSPS) is 14.5. The SMILES string of the molecule is CC.Cc1cc2c(s1)SCCC2=O. The van der Waals surface area contributed by atoms with Crippen LogP contribution in [0, 0.1) is 6.92 Å². The molecule has 0 aromatic carbocycles. The summed E-state index contributed by atoms with van der Waals surface area (Å²) in [5.41, 5.74) is 0.962. The fraction of sp³-hybridized carbons (Fsp3) is 0.500. The van der Waals surface area contributed by atoms with Crippen LogP contribution in [0.5, 0.6) is 0 Å². The summed E-state index contributed by atoms with van der Waals surface area (Å²) in [5, 5.41) is 0. The van der Waals surface area contributed by atoms with E-state index in [2.05, 4.69) is 6.92 Å². The second-order valence-electron chi connectivity index (χ2n) is 2.58. The predicted molar refractivity (Wildman–Crippen MR) is 60.1 cm³/mol. The summed E-state index contributed by atoms with van der Waals surface area (Å²) in [6.07, 6.45) is 0.716. The molecular formula is C10H14OS2. The topological polar surface area (TPSA) is 17.1 Å². The molecule has 0 unspecified atom stereocenters. The molecule has 0 spiro atoms. The summed E-state index contributed by atoms with van der Waals surface area (Å²) in [5.74, 6) is 1.29. The Hall–Kier alpha value is -0.280. The number of hydrogen-bond acceptors (Lipinski definition) is 3. The molecule has 3 heteroatoms. The fourth-order valence-electron chi connectivity index (χ4n) is 1.17. The molecular weight excluding hydrogens is 200 g/mol. The van der Waals surface area contributed by atoms with Gasteiger partial charge in [0.1, 0.15) is 0 Å². The zero-order valence-electron chi connectivity index (χ0n) is 8.22. The van der Waals surface area contributed by atoms with Crippen LogP contribution in [0.4, 0.5) is 0 Å². The van der Waals surface area contributed by atoms with Gasteiger partial charge in [-0.1, -0.05) is 13.8 Å². The van der Waals surface area contributed by atoms with Crippen LogP contribution in [-0.2, 0) is 0 Å². The summed E-state index contributed by atoms with van der Waals surface area (Å²) in [4.78, 5) is 12.5. The number of thioether (sulfide) groups is 1. The number of Topliss-reactive ketones (excluding diaryl/α,β-unsaturated/α-hetero) is 1. The number of thiophene rings is 1. The van der Waals surface area contributed by atoms with Gasteiger partial charge in [-0.15, -0.1) is 23.1 Å². The molecule has 0 saturated carbocycles. The molecule has 0 aliphatic carbocycles. The highest BCUT2D eigenvalue weighted by Crippen LogP contribution is 2.36. The standard InChI is InChI=1S/C8H8OS2.C2H6/c1-5-4-6-7(9)2-3-10-8(6)11-5;1-2/h4H,2-3H2,1H3;1-2H3. The minimum absolute atomic E-state index is 0.322. The first-order valence-corrected chi connectivity index (χ1v) is 6.34. The van der Waals surface area contributed by atoms with Crippen molar-refractivity contribution in [3.63, 3.8) is 0 Å². The largest absolute Gasteiger partial charge is 0.294 e. The molecule has 1 nitrogen and oxygen atoms in total. The van der Waals surface area contributed by atoms with E-state index < -0.39 is 0 Å². The van der Waals surface area contributed by atoms with E-state index in [0.29, 0.717) is 12.2 Å². The van der Waals surface area contributed by atoms with Gasteiger partial charge in [0.25, 0.3) is 0 Å². The molecule has 72 valence electrons. The Bertz CT molecular complexity index is 302. The third kappa shape index (κ3) is 2.35. The van der Waals surface area contributed by atoms with Crippen molar-refractivity contribution in [1.29, 1.82) is 0 Å². The van der Waals surface area contributed by atoms with Crippen molar-refractivity contribution >= 4 is 28.9 Å². The van der Waals surface area contributed by atoms with Crippen LogP contribution in [0.3, 0.4) is 0 Å². The predicted octanol–water partition coefficient (Wildman–Crippen LogP) is 3.76. The van der Waals surface area contributed by atoms with Crippen LogP contribution in [0.1, 0.15) is 35.5 Å². The van der Waals surface area contributed by atoms with Gasteiger partial charge in [-0.3, -0.25) is 4.79 Å². The van der Waals surface area contributed by atoms with Crippen molar-refractivity contribution in [1.82, 2.24) is 0 Å². The Morgan fingerprint density at radius 1 is 1.38 bits per heavy atom. The molecule has 0 saturated heterocycles.